The average Bonchev–Trinajstić information content (AvgIpc) is 2.20. The summed E-state index contributed by atoms with van der Waals surface area (Å²) in [5, 5.41) is 0. The van der Waals surface area contributed by atoms with Crippen molar-refractivity contribution in [2.75, 3.05) is 5.73 Å². The maximum atomic E-state index is 13.0. The first-order valence-electron chi connectivity index (χ1n) is 4.63. The van der Waals surface area contributed by atoms with Gasteiger partial charge in [-0.15, -0.1) is 0 Å². The summed E-state index contributed by atoms with van der Waals surface area (Å²) in [6.07, 6.45) is 0. The zero-order valence-corrected chi connectivity index (χ0v) is 8.54. The van der Waals surface area contributed by atoms with E-state index in [1.54, 1.807) is 13.0 Å². The van der Waals surface area contributed by atoms with E-state index in [0.717, 1.165) is 12.1 Å². The number of hydrogen-bond acceptors (Lipinski definition) is 3. The summed E-state index contributed by atoms with van der Waals surface area (Å²) in [5.74, 6) is -1.24. The van der Waals surface area contributed by atoms with Gasteiger partial charge in [0.05, 0.1) is 0 Å². The summed E-state index contributed by atoms with van der Waals surface area (Å²) in [5.41, 5.74) is 6.62. The van der Waals surface area contributed by atoms with Gasteiger partial charge in [-0.2, -0.15) is 0 Å². The minimum Gasteiger partial charge on any atom is -0.384 e. The molecule has 0 radical (unpaired) electrons. The van der Waals surface area contributed by atoms with E-state index in [2.05, 4.69) is 9.97 Å². The molecule has 0 saturated heterocycles. The molecule has 1 aromatic heterocycles. The van der Waals surface area contributed by atoms with Gasteiger partial charge >= 0.3 is 0 Å². The summed E-state index contributed by atoms with van der Waals surface area (Å²) in [6.45, 7) is 1.75. The quantitative estimate of drug-likeness (QED) is 0.803. The monoisotopic (exact) mass is 221 g/mol. The summed E-state index contributed by atoms with van der Waals surface area (Å²) in [4.78, 5) is 8.05. The van der Waals surface area contributed by atoms with Crippen LogP contribution >= 0.6 is 0 Å². The molecule has 0 aliphatic heterocycles. The molecule has 0 fully saturated rings. The zero-order valence-electron chi connectivity index (χ0n) is 8.54. The molecule has 2 rings (SSSR count). The molecule has 2 N–H and O–H groups in total. The normalized spacial score (nSPS) is 10.4. The summed E-state index contributed by atoms with van der Waals surface area (Å²) >= 11 is 0. The van der Waals surface area contributed by atoms with E-state index in [1.807, 2.05) is 0 Å². The Hall–Kier alpha value is -2.04. The molecule has 0 amide bonds. The van der Waals surface area contributed by atoms with Crippen LogP contribution in [0.5, 0.6) is 0 Å². The third kappa shape index (κ3) is 1.98. The molecule has 0 unspecified atom stereocenters. The maximum Gasteiger partial charge on any atom is 0.161 e. The molecule has 0 aliphatic carbocycles. The first-order chi connectivity index (χ1) is 7.56. The fourth-order valence-corrected chi connectivity index (χ4v) is 1.36. The van der Waals surface area contributed by atoms with E-state index < -0.39 is 11.6 Å². The highest BCUT2D eigenvalue weighted by atomic mass is 19.2. The minimum absolute atomic E-state index is 0.288. The van der Waals surface area contributed by atoms with Gasteiger partial charge in [0.15, 0.2) is 17.5 Å². The largest absolute Gasteiger partial charge is 0.384 e. The van der Waals surface area contributed by atoms with Gasteiger partial charge in [-0.3, -0.25) is 0 Å². The van der Waals surface area contributed by atoms with E-state index in [1.165, 1.54) is 6.07 Å². The molecule has 1 heterocycles. The number of halogens is 2. The number of nitrogens with two attached hydrogens (primary N) is 1. The predicted molar refractivity (Wildman–Crippen MR) is 56.5 cm³/mol. The Morgan fingerprint density at radius 1 is 1.06 bits per heavy atom. The van der Waals surface area contributed by atoms with Crippen LogP contribution in [0, 0.1) is 18.6 Å². The molecular weight excluding hydrogens is 212 g/mol. The van der Waals surface area contributed by atoms with Crippen LogP contribution in [0.4, 0.5) is 14.6 Å². The highest BCUT2D eigenvalue weighted by molar-refractivity contribution is 5.57. The number of hydrogen-bond donors (Lipinski definition) is 1. The molecular formula is C11H9F2N3. The van der Waals surface area contributed by atoms with E-state index >= 15 is 0 Å². The topological polar surface area (TPSA) is 51.8 Å². The van der Waals surface area contributed by atoms with Gasteiger partial charge in [-0.25, -0.2) is 18.7 Å². The number of benzene rings is 1. The molecule has 0 saturated carbocycles. The lowest BCUT2D eigenvalue weighted by atomic mass is 10.2. The van der Waals surface area contributed by atoms with Crippen LogP contribution in [-0.4, -0.2) is 9.97 Å². The summed E-state index contributed by atoms with van der Waals surface area (Å²) < 4.78 is 25.7. The van der Waals surface area contributed by atoms with Gasteiger partial charge < -0.3 is 5.73 Å². The van der Waals surface area contributed by atoms with Crippen LogP contribution in [0.1, 0.15) is 5.69 Å². The lowest BCUT2D eigenvalue weighted by Gasteiger charge is -2.03. The second-order valence-corrected chi connectivity index (χ2v) is 3.39. The van der Waals surface area contributed by atoms with Gasteiger partial charge in [-0.05, 0) is 25.1 Å². The van der Waals surface area contributed by atoms with Gasteiger partial charge in [-0.1, -0.05) is 0 Å². The van der Waals surface area contributed by atoms with Crippen molar-refractivity contribution in [1.29, 1.82) is 0 Å². The Morgan fingerprint density at radius 2 is 1.81 bits per heavy atom. The molecule has 0 bridgehead atoms. The number of aryl methyl sites for hydroxylation is 1. The third-order valence-electron chi connectivity index (χ3n) is 2.05. The fraction of sp³-hybridized carbons (Fsp3) is 0.0909. The van der Waals surface area contributed by atoms with Crippen LogP contribution in [0.2, 0.25) is 0 Å². The minimum atomic E-state index is -0.929. The molecule has 3 nitrogen and oxygen atoms in total. The first-order valence-corrected chi connectivity index (χ1v) is 4.63. The van der Waals surface area contributed by atoms with Crippen molar-refractivity contribution < 1.29 is 8.78 Å². The molecule has 0 aliphatic rings. The molecule has 82 valence electrons. The van der Waals surface area contributed by atoms with Crippen molar-refractivity contribution in [3.05, 3.63) is 41.6 Å². The number of rotatable bonds is 1. The standard InChI is InChI=1S/C11H9F2N3/c1-6-4-10(14)16-11(15-6)7-2-3-8(12)9(13)5-7/h2-5H,1H3,(H2,14,15,16). The smallest absolute Gasteiger partial charge is 0.161 e. The van der Waals surface area contributed by atoms with Crippen molar-refractivity contribution >= 4 is 5.82 Å². The zero-order chi connectivity index (χ0) is 11.7. The van der Waals surface area contributed by atoms with Gasteiger partial charge in [0, 0.05) is 17.3 Å². The van der Waals surface area contributed by atoms with Crippen molar-refractivity contribution in [2.24, 2.45) is 0 Å². The maximum absolute atomic E-state index is 13.0. The number of anilines is 1. The van der Waals surface area contributed by atoms with Crippen molar-refractivity contribution in [2.45, 2.75) is 6.92 Å². The second-order valence-electron chi connectivity index (χ2n) is 3.39. The Balaban J connectivity index is 2.54. The molecule has 16 heavy (non-hydrogen) atoms. The van der Waals surface area contributed by atoms with Crippen LogP contribution in [0.25, 0.3) is 11.4 Å². The lowest BCUT2D eigenvalue weighted by Crippen LogP contribution is -1.98. The number of nitrogen functional groups attached to an aromatic ring is 1. The molecule has 0 atom stereocenters. The Bertz CT molecular complexity index is 520. The van der Waals surface area contributed by atoms with Crippen molar-refractivity contribution in [3.63, 3.8) is 0 Å². The van der Waals surface area contributed by atoms with Crippen LogP contribution < -0.4 is 5.73 Å². The summed E-state index contributed by atoms with van der Waals surface area (Å²) in [7, 11) is 0. The van der Waals surface area contributed by atoms with Crippen LogP contribution in [0.15, 0.2) is 24.3 Å². The SMILES string of the molecule is Cc1cc(N)nc(-c2ccc(F)c(F)c2)n1. The van der Waals surface area contributed by atoms with Crippen LogP contribution in [0.3, 0.4) is 0 Å². The van der Waals surface area contributed by atoms with Gasteiger partial charge in [0.2, 0.25) is 0 Å². The molecule has 2 aromatic rings. The van der Waals surface area contributed by atoms with Crippen LogP contribution in [-0.2, 0) is 0 Å². The lowest BCUT2D eigenvalue weighted by molar-refractivity contribution is 0.509. The second kappa shape index (κ2) is 3.84. The van der Waals surface area contributed by atoms with E-state index in [4.69, 9.17) is 5.73 Å². The van der Waals surface area contributed by atoms with E-state index in [-0.39, 0.29) is 5.82 Å². The highest BCUT2D eigenvalue weighted by Gasteiger charge is 2.07. The predicted octanol–water partition coefficient (Wildman–Crippen LogP) is 2.31. The van der Waals surface area contributed by atoms with Crippen molar-refractivity contribution in [3.8, 4) is 11.4 Å². The molecule has 0 spiro atoms. The first kappa shape index (κ1) is 10.5. The highest BCUT2D eigenvalue weighted by Crippen LogP contribution is 2.19. The Kier molecular flexibility index (Phi) is 2.52. The molecule has 1 aromatic carbocycles. The fourth-order valence-electron chi connectivity index (χ4n) is 1.36. The van der Waals surface area contributed by atoms with Crippen molar-refractivity contribution in [1.82, 2.24) is 9.97 Å². The number of nitrogens with zero attached hydrogens (tertiary/aromatic N) is 2. The van der Waals surface area contributed by atoms with Gasteiger partial charge in [0.1, 0.15) is 5.82 Å². The van der Waals surface area contributed by atoms with Gasteiger partial charge in [0.25, 0.3) is 0 Å². The third-order valence-corrected chi connectivity index (χ3v) is 2.05. The Morgan fingerprint density at radius 3 is 2.44 bits per heavy atom. The summed E-state index contributed by atoms with van der Waals surface area (Å²) in [6, 6.07) is 5.09. The van der Waals surface area contributed by atoms with E-state index in [0.29, 0.717) is 17.1 Å². The average molecular weight is 221 g/mol. The Labute approximate surface area is 91.0 Å². The number of aromatic nitrogens is 2. The molecule has 5 heteroatoms. The van der Waals surface area contributed by atoms with E-state index in [9.17, 15) is 8.78 Å².